The SMILES string of the molecule is CCNc1ncnc(NC(C)c2ccc(Cl)cc2Cl)c1Br. The largest absolute Gasteiger partial charge is 0.369 e. The van der Waals surface area contributed by atoms with Crippen LogP contribution in [0.5, 0.6) is 0 Å². The molecule has 0 spiro atoms. The van der Waals surface area contributed by atoms with Crippen molar-refractivity contribution in [3.8, 4) is 0 Å². The molecular weight excluding hydrogens is 375 g/mol. The van der Waals surface area contributed by atoms with Crippen LogP contribution in [0.25, 0.3) is 0 Å². The van der Waals surface area contributed by atoms with Crippen molar-refractivity contribution < 1.29 is 0 Å². The Morgan fingerprint density at radius 3 is 2.62 bits per heavy atom. The molecule has 0 saturated heterocycles. The minimum atomic E-state index is -0.0181. The average Bonchev–Trinajstić information content (AvgIpc) is 2.43. The predicted molar refractivity (Wildman–Crippen MR) is 92.4 cm³/mol. The molecule has 21 heavy (non-hydrogen) atoms. The lowest BCUT2D eigenvalue weighted by atomic mass is 10.1. The second-order valence-corrected chi connectivity index (χ2v) is 6.08. The van der Waals surface area contributed by atoms with Gasteiger partial charge in [0, 0.05) is 16.6 Å². The molecule has 1 aromatic heterocycles. The molecule has 2 rings (SSSR count). The highest BCUT2D eigenvalue weighted by Gasteiger charge is 2.14. The van der Waals surface area contributed by atoms with Gasteiger partial charge >= 0.3 is 0 Å². The van der Waals surface area contributed by atoms with Crippen LogP contribution >= 0.6 is 39.1 Å². The van der Waals surface area contributed by atoms with Crippen molar-refractivity contribution in [2.75, 3.05) is 17.2 Å². The molecule has 0 amide bonds. The third-order valence-corrected chi connectivity index (χ3v) is 4.23. The van der Waals surface area contributed by atoms with E-state index in [-0.39, 0.29) is 6.04 Å². The molecule has 0 radical (unpaired) electrons. The summed E-state index contributed by atoms with van der Waals surface area (Å²) in [5.41, 5.74) is 0.955. The van der Waals surface area contributed by atoms with Crippen LogP contribution in [0.2, 0.25) is 10.0 Å². The number of aromatic nitrogens is 2. The summed E-state index contributed by atoms with van der Waals surface area (Å²) in [5, 5.41) is 7.73. The number of hydrogen-bond donors (Lipinski definition) is 2. The van der Waals surface area contributed by atoms with Gasteiger partial charge < -0.3 is 10.6 Å². The quantitative estimate of drug-likeness (QED) is 0.742. The predicted octanol–water partition coefficient (Wildman–Crippen LogP) is 5.15. The zero-order chi connectivity index (χ0) is 15.4. The summed E-state index contributed by atoms with van der Waals surface area (Å²) in [5.74, 6) is 1.46. The van der Waals surface area contributed by atoms with Crippen LogP contribution in [-0.2, 0) is 0 Å². The maximum absolute atomic E-state index is 6.23. The van der Waals surface area contributed by atoms with E-state index in [1.54, 1.807) is 6.07 Å². The van der Waals surface area contributed by atoms with Crippen LogP contribution in [-0.4, -0.2) is 16.5 Å². The Morgan fingerprint density at radius 1 is 1.24 bits per heavy atom. The maximum Gasteiger partial charge on any atom is 0.146 e. The molecule has 1 aromatic carbocycles. The van der Waals surface area contributed by atoms with E-state index in [0.717, 1.165) is 22.4 Å². The maximum atomic E-state index is 6.23. The highest BCUT2D eigenvalue weighted by atomic mass is 79.9. The summed E-state index contributed by atoms with van der Waals surface area (Å²) >= 11 is 15.7. The first kappa shape index (κ1) is 16.3. The van der Waals surface area contributed by atoms with Crippen LogP contribution in [0.4, 0.5) is 11.6 Å². The van der Waals surface area contributed by atoms with Crippen molar-refractivity contribution in [1.82, 2.24) is 9.97 Å². The van der Waals surface area contributed by atoms with Crippen molar-refractivity contribution in [3.05, 3.63) is 44.6 Å². The first-order valence-corrected chi connectivity index (χ1v) is 8.03. The van der Waals surface area contributed by atoms with Crippen molar-refractivity contribution in [3.63, 3.8) is 0 Å². The normalized spacial score (nSPS) is 12.0. The van der Waals surface area contributed by atoms with E-state index < -0.39 is 0 Å². The second kappa shape index (κ2) is 7.29. The van der Waals surface area contributed by atoms with Gasteiger partial charge in [-0.25, -0.2) is 9.97 Å². The highest BCUT2D eigenvalue weighted by Crippen LogP contribution is 2.32. The molecule has 0 aliphatic rings. The first-order valence-electron chi connectivity index (χ1n) is 6.48. The van der Waals surface area contributed by atoms with E-state index in [1.807, 2.05) is 26.0 Å². The Morgan fingerprint density at radius 2 is 1.95 bits per heavy atom. The fourth-order valence-electron chi connectivity index (χ4n) is 1.90. The molecule has 2 N–H and O–H groups in total. The van der Waals surface area contributed by atoms with Gasteiger partial charge in [-0.2, -0.15) is 0 Å². The van der Waals surface area contributed by atoms with Crippen LogP contribution in [0.1, 0.15) is 25.5 Å². The van der Waals surface area contributed by atoms with Gasteiger partial charge in [-0.05, 0) is 47.5 Å². The summed E-state index contributed by atoms with van der Waals surface area (Å²) < 4.78 is 0.795. The van der Waals surface area contributed by atoms with Crippen molar-refractivity contribution in [1.29, 1.82) is 0 Å². The van der Waals surface area contributed by atoms with Gasteiger partial charge in [0.2, 0.25) is 0 Å². The Bertz CT molecular complexity index is 636. The summed E-state index contributed by atoms with van der Waals surface area (Å²) in [6.45, 7) is 4.81. The summed E-state index contributed by atoms with van der Waals surface area (Å²) in [6.07, 6.45) is 1.52. The third kappa shape index (κ3) is 3.99. The van der Waals surface area contributed by atoms with Gasteiger partial charge in [0.05, 0.1) is 6.04 Å². The number of nitrogens with one attached hydrogen (secondary N) is 2. The van der Waals surface area contributed by atoms with Crippen LogP contribution < -0.4 is 10.6 Å². The zero-order valence-corrected chi connectivity index (χ0v) is 14.7. The van der Waals surface area contributed by atoms with Gasteiger partial charge in [-0.15, -0.1) is 0 Å². The molecule has 7 heteroatoms. The Labute approximate surface area is 142 Å². The fourth-order valence-corrected chi connectivity index (χ4v) is 2.93. The number of hydrogen-bond acceptors (Lipinski definition) is 4. The zero-order valence-electron chi connectivity index (χ0n) is 11.6. The molecule has 0 saturated carbocycles. The van der Waals surface area contributed by atoms with Gasteiger partial charge in [0.25, 0.3) is 0 Å². The molecule has 1 heterocycles. The van der Waals surface area contributed by atoms with Crippen molar-refractivity contribution in [2.45, 2.75) is 19.9 Å². The Kier molecular flexibility index (Phi) is 5.67. The highest BCUT2D eigenvalue weighted by molar-refractivity contribution is 9.10. The van der Waals surface area contributed by atoms with E-state index in [4.69, 9.17) is 23.2 Å². The molecule has 4 nitrogen and oxygen atoms in total. The lowest BCUT2D eigenvalue weighted by Gasteiger charge is -2.18. The summed E-state index contributed by atoms with van der Waals surface area (Å²) in [7, 11) is 0. The number of halogens is 3. The van der Waals surface area contributed by atoms with E-state index in [0.29, 0.717) is 15.9 Å². The molecule has 112 valence electrons. The Balaban J connectivity index is 2.23. The monoisotopic (exact) mass is 388 g/mol. The number of benzene rings is 1. The minimum Gasteiger partial charge on any atom is -0.369 e. The molecule has 1 atom stereocenters. The molecular formula is C14H15BrCl2N4. The van der Waals surface area contributed by atoms with E-state index >= 15 is 0 Å². The van der Waals surface area contributed by atoms with E-state index in [1.165, 1.54) is 6.33 Å². The fraction of sp³-hybridized carbons (Fsp3) is 0.286. The Hall–Kier alpha value is -1.04. The topological polar surface area (TPSA) is 49.8 Å². The van der Waals surface area contributed by atoms with E-state index in [9.17, 15) is 0 Å². The first-order chi connectivity index (χ1) is 10.0. The molecule has 0 fully saturated rings. The minimum absolute atomic E-state index is 0.0181. The number of rotatable bonds is 5. The molecule has 0 bridgehead atoms. The van der Waals surface area contributed by atoms with Crippen molar-refractivity contribution >= 4 is 50.8 Å². The molecule has 1 unspecified atom stereocenters. The third-order valence-electron chi connectivity index (χ3n) is 2.92. The number of nitrogens with zero attached hydrogens (tertiary/aromatic N) is 2. The van der Waals surface area contributed by atoms with Crippen LogP contribution in [0, 0.1) is 0 Å². The standard InChI is InChI=1S/C14H15BrCl2N4/c1-3-18-13-12(15)14(20-7-19-13)21-8(2)10-5-4-9(16)6-11(10)17/h4-8H,3H2,1-2H3,(H2,18,19,20,21). The van der Waals surface area contributed by atoms with Crippen molar-refractivity contribution in [2.24, 2.45) is 0 Å². The molecule has 2 aromatic rings. The van der Waals surface area contributed by atoms with Crippen LogP contribution in [0.15, 0.2) is 29.0 Å². The molecule has 0 aliphatic carbocycles. The second-order valence-electron chi connectivity index (χ2n) is 4.45. The van der Waals surface area contributed by atoms with Gasteiger partial charge in [0.1, 0.15) is 22.4 Å². The molecule has 0 aliphatic heterocycles. The van der Waals surface area contributed by atoms with Gasteiger partial charge in [0.15, 0.2) is 0 Å². The lowest BCUT2D eigenvalue weighted by molar-refractivity contribution is 0.870. The summed E-state index contributed by atoms with van der Waals surface area (Å²) in [4.78, 5) is 8.44. The van der Waals surface area contributed by atoms with Gasteiger partial charge in [-0.3, -0.25) is 0 Å². The average molecular weight is 390 g/mol. The number of anilines is 2. The van der Waals surface area contributed by atoms with Gasteiger partial charge in [-0.1, -0.05) is 29.3 Å². The van der Waals surface area contributed by atoms with E-state index in [2.05, 4.69) is 36.5 Å². The smallest absolute Gasteiger partial charge is 0.146 e. The lowest BCUT2D eigenvalue weighted by Crippen LogP contribution is -2.11. The summed E-state index contributed by atoms with van der Waals surface area (Å²) in [6, 6.07) is 5.44. The van der Waals surface area contributed by atoms with Crippen LogP contribution in [0.3, 0.4) is 0 Å².